The first-order valence-electron chi connectivity index (χ1n) is 8.38. The van der Waals surface area contributed by atoms with Crippen molar-refractivity contribution < 1.29 is 4.79 Å². The van der Waals surface area contributed by atoms with Gasteiger partial charge in [-0.1, -0.05) is 17.7 Å². The second kappa shape index (κ2) is 6.86. The van der Waals surface area contributed by atoms with Crippen molar-refractivity contribution in [3.8, 4) is 0 Å². The molecule has 3 nitrogen and oxygen atoms in total. The lowest BCUT2D eigenvalue weighted by atomic mass is 10.0. The molecule has 0 bridgehead atoms. The number of piperidine rings is 1. The van der Waals surface area contributed by atoms with Crippen LogP contribution in [0.5, 0.6) is 0 Å². The van der Waals surface area contributed by atoms with Crippen LogP contribution in [-0.4, -0.2) is 18.5 Å². The van der Waals surface area contributed by atoms with Crippen LogP contribution in [0.4, 0.5) is 11.4 Å². The summed E-state index contributed by atoms with van der Waals surface area (Å²) in [5.41, 5.74) is 3.86. The molecule has 1 aliphatic rings. The van der Waals surface area contributed by atoms with E-state index in [1.165, 1.54) is 24.9 Å². The quantitative estimate of drug-likeness (QED) is 0.897. The van der Waals surface area contributed by atoms with Gasteiger partial charge in [-0.3, -0.25) is 4.79 Å². The van der Waals surface area contributed by atoms with Crippen LogP contribution in [0.25, 0.3) is 0 Å². The van der Waals surface area contributed by atoms with E-state index >= 15 is 0 Å². The molecule has 0 aromatic heterocycles. The second-order valence-corrected chi connectivity index (χ2v) is 6.41. The first-order valence-corrected chi connectivity index (χ1v) is 8.38. The molecule has 1 N–H and O–H groups in total. The molecule has 2 aromatic rings. The fraction of sp³-hybridized carbons (Fsp3) is 0.350. The topological polar surface area (TPSA) is 32.3 Å². The fourth-order valence-electron chi connectivity index (χ4n) is 3.21. The number of benzene rings is 2. The normalized spacial score (nSPS) is 17.8. The Morgan fingerprint density at radius 2 is 1.91 bits per heavy atom. The van der Waals surface area contributed by atoms with Gasteiger partial charge in [-0.25, -0.2) is 0 Å². The molecule has 1 atom stereocenters. The van der Waals surface area contributed by atoms with Gasteiger partial charge < -0.3 is 10.2 Å². The van der Waals surface area contributed by atoms with Crippen molar-refractivity contribution in [2.75, 3.05) is 16.8 Å². The van der Waals surface area contributed by atoms with Crippen molar-refractivity contribution in [3.63, 3.8) is 0 Å². The molecule has 120 valence electrons. The number of nitrogens with one attached hydrogen (secondary N) is 1. The van der Waals surface area contributed by atoms with Crippen molar-refractivity contribution in [3.05, 3.63) is 59.7 Å². The zero-order chi connectivity index (χ0) is 16.2. The van der Waals surface area contributed by atoms with E-state index < -0.39 is 0 Å². The molecular formula is C20H24N2O. The summed E-state index contributed by atoms with van der Waals surface area (Å²) in [4.78, 5) is 14.7. The second-order valence-electron chi connectivity index (χ2n) is 6.41. The molecule has 23 heavy (non-hydrogen) atoms. The SMILES string of the molecule is Cc1cccc(C(=O)Nc2ccc(N3CCCC[C@@H]3C)cc2)c1. The summed E-state index contributed by atoms with van der Waals surface area (Å²) in [5.74, 6) is -0.0622. The Balaban J connectivity index is 1.69. The third-order valence-corrected chi connectivity index (χ3v) is 4.54. The average Bonchev–Trinajstić information content (AvgIpc) is 2.56. The highest BCUT2D eigenvalue weighted by Gasteiger charge is 2.18. The maximum Gasteiger partial charge on any atom is 0.255 e. The van der Waals surface area contributed by atoms with Gasteiger partial charge in [0.15, 0.2) is 0 Å². The van der Waals surface area contributed by atoms with Crippen LogP contribution in [0.3, 0.4) is 0 Å². The Kier molecular flexibility index (Phi) is 4.65. The van der Waals surface area contributed by atoms with E-state index in [-0.39, 0.29) is 5.91 Å². The Morgan fingerprint density at radius 3 is 2.61 bits per heavy atom. The van der Waals surface area contributed by atoms with Gasteiger partial charge in [-0.15, -0.1) is 0 Å². The minimum atomic E-state index is -0.0622. The fourth-order valence-corrected chi connectivity index (χ4v) is 3.21. The van der Waals surface area contributed by atoms with Gasteiger partial charge in [0.1, 0.15) is 0 Å². The van der Waals surface area contributed by atoms with Gasteiger partial charge in [-0.2, -0.15) is 0 Å². The van der Waals surface area contributed by atoms with E-state index in [4.69, 9.17) is 0 Å². The van der Waals surface area contributed by atoms with Gasteiger partial charge in [0.05, 0.1) is 0 Å². The number of anilines is 2. The van der Waals surface area contributed by atoms with Gasteiger partial charge >= 0.3 is 0 Å². The highest BCUT2D eigenvalue weighted by molar-refractivity contribution is 6.04. The summed E-state index contributed by atoms with van der Waals surface area (Å²) in [6.45, 7) is 5.40. The summed E-state index contributed by atoms with van der Waals surface area (Å²) < 4.78 is 0. The Morgan fingerprint density at radius 1 is 1.13 bits per heavy atom. The maximum atomic E-state index is 12.3. The molecule has 1 heterocycles. The number of nitrogens with zero attached hydrogens (tertiary/aromatic N) is 1. The van der Waals surface area contributed by atoms with Crippen LogP contribution in [0.2, 0.25) is 0 Å². The zero-order valence-electron chi connectivity index (χ0n) is 13.9. The largest absolute Gasteiger partial charge is 0.369 e. The lowest BCUT2D eigenvalue weighted by molar-refractivity contribution is 0.102. The first-order chi connectivity index (χ1) is 11.1. The van der Waals surface area contributed by atoms with E-state index in [0.29, 0.717) is 11.6 Å². The molecule has 1 amide bonds. The van der Waals surface area contributed by atoms with Crippen LogP contribution in [0.1, 0.15) is 42.1 Å². The molecule has 0 spiro atoms. The Labute approximate surface area is 138 Å². The van der Waals surface area contributed by atoms with Crippen LogP contribution < -0.4 is 10.2 Å². The van der Waals surface area contributed by atoms with Crippen molar-refractivity contribution >= 4 is 17.3 Å². The van der Waals surface area contributed by atoms with Gasteiger partial charge in [-0.05, 0) is 69.5 Å². The Hall–Kier alpha value is -2.29. The molecule has 0 saturated carbocycles. The molecular weight excluding hydrogens is 284 g/mol. The van der Waals surface area contributed by atoms with Crippen molar-refractivity contribution in [1.82, 2.24) is 0 Å². The predicted octanol–water partition coefficient (Wildman–Crippen LogP) is 4.63. The number of carbonyl (C=O) groups excluding carboxylic acids is 1. The minimum Gasteiger partial charge on any atom is -0.369 e. The van der Waals surface area contributed by atoms with E-state index in [1.54, 1.807) is 0 Å². The monoisotopic (exact) mass is 308 g/mol. The molecule has 3 rings (SSSR count). The summed E-state index contributed by atoms with van der Waals surface area (Å²) in [6, 6.07) is 16.4. The molecule has 2 aromatic carbocycles. The van der Waals surface area contributed by atoms with Crippen LogP contribution >= 0.6 is 0 Å². The van der Waals surface area contributed by atoms with Crippen LogP contribution in [-0.2, 0) is 0 Å². The summed E-state index contributed by atoms with van der Waals surface area (Å²) in [7, 11) is 0. The summed E-state index contributed by atoms with van der Waals surface area (Å²) in [6.07, 6.45) is 3.84. The molecule has 1 saturated heterocycles. The lowest BCUT2D eigenvalue weighted by Gasteiger charge is -2.35. The maximum absolute atomic E-state index is 12.3. The lowest BCUT2D eigenvalue weighted by Crippen LogP contribution is -2.37. The smallest absolute Gasteiger partial charge is 0.255 e. The van der Waals surface area contributed by atoms with Crippen molar-refractivity contribution in [2.24, 2.45) is 0 Å². The molecule has 0 aliphatic carbocycles. The number of amides is 1. The third-order valence-electron chi connectivity index (χ3n) is 4.54. The first kappa shape index (κ1) is 15.6. The van der Waals surface area contributed by atoms with E-state index in [2.05, 4.69) is 29.3 Å². The number of carbonyl (C=O) groups is 1. The molecule has 1 fully saturated rings. The van der Waals surface area contributed by atoms with E-state index in [9.17, 15) is 4.79 Å². The summed E-state index contributed by atoms with van der Waals surface area (Å²) in [5, 5.41) is 2.97. The van der Waals surface area contributed by atoms with Crippen LogP contribution in [0.15, 0.2) is 48.5 Å². The average molecular weight is 308 g/mol. The van der Waals surface area contributed by atoms with Crippen LogP contribution in [0, 0.1) is 6.92 Å². The zero-order valence-corrected chi connectivity index (χ0v) is 13.9. The van der Waals surface area contributed by atoms with Gasteiger partial charge in [0, 0.05) is 29.5 Å². The van der Waals surface area contributed by atoms with E-state index in [0.717, 1.165) is 17.8 Å². The molecule has 1 aliphatic heterocycles. The standard InChI is InChI=1S/C20H24N2O/c1-15-6-5-8-17(14-15)20(23)21-18-9-11-19(12-10-18)22-13-4-3-7-16(22)2/h5-6,8-12,14,16H,3-4,7,13H2,1-2H3,(H,21,23)/t16-/m0/s1. The number of aryl methyl sites for hydroxylation is 1. The molecule has 0 unspecified atom stereocenters. The highest BCUT2D eigenvalue weighted by Crippen LogP contribution is 2.25. The minimum absolute atomic E-state index is 0.0622. The number of rotatable bonds is 3. The number of hydrogen-bond acceptors (Lipinski definition) is 2. The van der Waals surface area contributed by atoms with Crippen molar-refractivity contribution in [1.29, 1.82) is 0 Å². The Bertz CT molecular complexity index is 678. The third kappa shape index (κ3) is 3.73. The molecule has 3 heteroatoms. The van der Waals surface area contributed by atoms with Gasteiger partial charge in [0.2, 0.25) is 0 Å². The van der Waals surface area contributed by atoms with E-state index in [1.807, 2.05) is 43.3 Å². The molecule has 0 radical (unpaired) electrons. The van der Waals surface area contributed by atoms with Crippen molar-refractivity contribution in [2.45, 2.75) is 39.2 Å². The number of hydrogen-bond donors (Lipinski definition) is 1. The summed E-state index contributed by atoms with van der Waals surface area (Å²) >= 11 is 0. The van der Waals surface area contributed by atoms with Gasteiger partial charge in [0.25, 0.3) is 5.91 Å². The predicted molar refractivity (Wildman–Crippen MR) is 96.2 cm³/mol. The highest BCUT2D eigenvalue weighted by atomic mass is 16.1.